The smallest absolute Gasteiger partial charge is 0.241 e. The Hall–Kier alpha value is -1.48. The molecule has 28 heavy (non-hydrogen) atoms. The molecule has 0 radical (unpaired) electrons. The van der Waals surface area contributed by atoms with Crippen LogP contribution in [0.5, 0.6) is 0 Å². The van der Waals surface area contributed by atoms with Crippen LogP contribution in [0.4, 0.5) is 5.69 Å². The molecule has 1 heterocycles. The zero-order valence-electron chi connectivity index (χ0n) is 16.5. The van der Waals surface area contributed by atoms with Gasteiger partial charge in [0.25, 0.3) is 0 Å². The van der Waals surface area contributed by atoms with Crippen LogP contribution in [0.3, 0.4) is 0 Å². The summed E-state index contributed by atoms with van der Waals surface area (Å²) in [6.45, 7) is 6.00. The SMILES string of the molecule is CC1CCC(NS(=O)(=O)CC(=O)Nc2ccccc2CN2CCOCC2)CC1. The van der Waals surface area contributed by atoms with Gasteiger partial charge in [0.2, 0.25) is 15.9 Å². The van der Waals surface area contributed by atoms with Crippen LogP contribution in [-0.2, 0) is 26.1 Å². The van der Waals surface area contributed by atoms with E-state index in [4.69, 9.17) is 4.74 Å². The summed E-state index contributed by atoms with van der Waals surface area (Å²) in [5.41, 5.74) is 1.64. The van der Waals surface area contributed by atoms with Gasteiger partial charge in [-0.05, 0) is 43.2 Å². The number of benzene rings is 1. The maximum absolute atomic E-state index is 12.4. The first-order valence-electron chi connectivity index (χ1n) is 10.1. The van der Waals surface area contributed by atoms with Crippen molar-refractivity contribution in [3.8, 4) is 0 Å². The zero-order chi connectivity index (χ0) is 20.0. The van der Waals surface area contributed by atoms with Crippen molar-refractivity contribution in [1.82, 2.24) is 9.62 Å². The van der Waals surface area contributed by atoms with Crippen LogP contribution in [-0.4, -0.2) is 57.3 Å². The number of ether oxygens (including phenoxy) is 1. The molecular formula is C20H31N3O4S. The van der Waals surface area contributed by atoms with E-state index in [1.165, 1.54) is 0 Å². The molecule has 1 aliphatic carbocycles. The number of carbonyl (C=O) groups is 1. The molecule has 8 heteroatoms. The van der Waals surface area contributed by atoms with Crippen LogP contribution < -0.4 is 10.0 Å². The molecular weight excluding hydrogens is 378 g/mol. The van der Waals surface area contributed by atoms with E-state index in [0.717, 1.165) is 44.3 Å². The van der Waals surface area contributed by atoms with Crippen LogP contribution in [0.1, 0.15) is 38.2 Å². The first kappa shape index (κ1) is 21.2. The maximum Gasteiger partial charge on any atom is 0.241 e. The van der Waals surface area contributed by atoms with Gasteiger partial charge >= 0.3 is 0 Å². The lowest BCUT2D eigenvalue weighted by molar-refractivity contribution is -0.113. The maximum atomic E-state index is 12.4. The van der Waals surface area contributed by atoms with E-state index in [1.807, 2.05) is 24.3 Å². The molecule has 156 valence electrons. The Balaban J connectivity index is 1.55. The average Bonchev–Trinajstić information content (AvgIpc) is 2.65. The van der Waals surface area contributed by atoms with Crippen LogP contribution in [0.2, 0.25) is 0 Å². The topological polar surface area (TPSA) is 87.7 Å². The third-order valence-corrected chi connectivity index (χ3v) is 6.81. The Labute approximate surface area is 167 Å². The van der Waals surface area contributed by atoms with Gasteiger partial charge in [0.1, 0.15) is 5.75 Å². The highest BCUT2D eigenvalue weighted by atomic mass is 32.2. The molecule has 0 unspecified atom stereocenters. The van der Waals surface area contributed by atoms with Gasteiger partial charge in [-0.3, -0.25) is 9.69 Å². The van der Waals surface area contributed by atoms with E-state index in [1.54, 1.807) is 0 Å². The highest BCUT2D eigenvalue weighted by Gasteiger charge is 2.25. The number of sulfonamides is 1. The summed E-state index contributed by atoms with van der Waals surface area (Å²) >= 11 is 0. The third-order valence-electron chi connectivity index (χ3n) is 5.47. The highest BCUT2D eigenvalue weighted by molar-refractivity contribution is 7.90. The fourth-order valence-corrected chi connectivity index (χ4v) is 5.06. The number of carbonyl (C=O) groups excluding carboxylic acids is 1. The van der Waals surface area contributed by atoms with Crippen molar-refractivity contribution >= 4 is 21.6 Å². The molecule has 0 aromatic heterocycles. The van der Waals surface area contributed by atoms with E-state index in [0.29, 0.717) is 31.4 Å². The number of hydrogen-bond donors (Lipinski definition) is 2. The molecule has 1 saturated heterocycles. The monoisotopic (exact) mass is 409 g/mol. The van der Waals surface area contributed by atoms with Gasteiger partial charge in [-0.25, -0.2) is 13.1 Å². The van der Waals surface area contributed by atoms with E-state index in [9.17, 15) is 13.2 Å². The minimum Gasteiger partial charge on any atom is -0.379 e. The van der Waals surface area contributed by atoms with E-state index < -0.39 is 21.7 Å². The first-order valence-corrected chi connectivity index (χ1v) is 11.7. The van der Waals surface area contributed by atoms with Crippen LogP contribution in [0.15, 0.2) is 24.3 Å². The standard InChI is InChI=1S/C20H31N3O4S/c1-16-6-8-18(9-7-16)22-28(25,26)15-20(24)21-19-5-3-2-4-17(19)14-23-10-12-27-13-11-23/h2-5,16,18,22H,6-15H2,1H3,(H,21,24). The van der Waals surface area contributed by atoms with E-state index in [2.05, 4.69) is 21.9 Å². The number of anilines is 1. The van der Waals surface area contributed by atoms with Crippen molar-refractivity contribution in [3.63, 3.8) is 0 Å². The van der Waals surface area contributed by atoms with E-state index >= 15 is 0 Å². The van der Waals surface area contributed by atoms with Crippen molar-refractivity contribution < 1.29 is 17.9 Å². The summed E-state index contributed by atoms with van der Waals surface area (Å²) in [6, 6.07) is 7.49. The lowest BCUT2D eigenvalue weighted by atomic mass is 9.88. The Morgan fingerprint density at radius 3 is 2.54 bits per heavy atom. The molecule has 1 aliphatic heterocycles. The van der Waals surface area contributed by atoms with Crippen molar-refractivity contribution in [2.24, 2.45) is 5.92 Å². The zero-order valence-corrected chi connectivity index (χ0v) is 17.3. The third kappa shape index (κ3) is 6.55. The van der Waals surface area contributed by atoms with Crippen molar-refractivity contribution in [2.75, 3.05) is 37.4 Å². The quantitative estimate of drug-likeness (QED) is 0.719. The van der Waals surface area contributed by atoms with E-state index in [-0.39, 0.29) is 6.04 Å². The van der Waals surface area contributed by atoms with Gasteiger partial charge in [0, 0.05) is 31.4 Å². The fraction of sp³-hybridized carbons (Fsp3) is 0.650. The summed E-state index contributed by atoms with van der Waals surface area (Å²) in [6.07, 6.45) is 3.72. The molecule has 2 N–H and O–H groups in total. The Morgan fingerprint density at radius 2 is 1.82 bits per heavy atom. The minimum absolute atomic E-state index is 0.0531. The lowest BCUT2D eigenvalue weighted by Gasteiger charge is -2.27. The number of para-hydroxylation sites is 1. The second kappa shape index (κ2) is 9.82. The van der Waals surface area contributed by atoms with Crippen LogP contribution in [0, 0.1) is 5.92 Å². The number of morpholine rings is 1. The highest BCUT2D eigenvalue weighted by Crippen LogP contribution is 2.24. The molecule has 0 bridgehead atoms. The van der Waals surface area contributed by atoms with Crippen LogP contribution >= 0.6 is 0 Å². The molecule has 3 rings (SSSR count). The van der Waals surface area contributed by atoms with Gasteiger partial charge in [-0.1, -0.05) is 25.1 Å². The largest absolute Gasteiger partial charge is 0.379 e. The van der Waals surface area contributed by atoms with Gasteiger partial charge in [0.05, 0.1) is 13.2 Å². The Morgan fingerprint density at radius 1 is 1.14 bits per heavy atom. The molecule has 1 aromatic carbocycles. The Kier molecular flexibility index (Phi) is 7.45. The summed E-state index contributed by atoms with van der Waals surface area (Å²) in [7, 11) is -3.65. The average molecular weight is 410 g/mol. The number of amides is 1. The van der Waals surface area contributed by atoms with Gasteiger partial charge in [-0.15, -0.1) is 0 Å². The molecule has 2 fully saturated rings. The van der Waals surface area contributed by atoms with Gasteiger partial charge < -0.3 is 10.1 Å². The number of hydrogen-bond acceptors (Lipinski definition) is 5. The normalized spacial score (nSPS) is 24.0. The molecule has 1 amide bonds. The van der Waals surface area contributed by atoms with Crippen molar-refractivity contribution in [2.45, 2.75) is 45.2 Å². The predicted molar refractivity (Wildman–Crippen MR) is 110 cm³/mol. The molecule has 2 aliphatic rings. The molecule has 1 aromatic rings. The molecule has 0 spiro atoms. The fourth-order valence-electron chi connectivity index (χ4n) is 3.81. The molecule has 0 atom stereocenters. The summed E-state index contributed by atoms with van der Waals surface area (Å²) in [4.78, 5) is 14.7. The summed E-state index contributed by atoms with van der Waals surface area (Å²) in [5, 5.41) is 2.78. The summed E-state index contributed by atoms with van der Waals surface area (Å²) < 4.78 is 32.8. The lowest BCUT2D eigenvalue weighted by Crippen LogP contribution is -2.41. The Bertz CT molecular complexity index is 754. The van der Waals surface area contributed by atoms with Gasteiger partial charge in [0.15, 0.2) is 0 Å². The first-order chi connectivity index (χ1) is 13.4. The number of nitrogens with one attached hydrogen (secondary N) is 2. The molecule has 1 saturated carbocycles. The van der Waals surface area contributed by atoms with Gasteiger partial charge in [-0.2, -0.15) is 0 Å². The van der Waals surface area contributed by atoms with Crippen LogP contribution in [0.25, 0.3) is 0 Å². The predicted octanol–water partition coefficient (Wildman–Crippen LogP) is 1.96. The second-order valence-corrected chi connectivity index (χ2v) is 9.68. The molecule has 7 nitrogen and oxygen atoms in total. The number of nitrogens with zero attached hydrogens (tertiary/aromatic N) is 1. The summed E-state index contributed by atoms with van der Waals surface area (Å²) in [5.74, 6) is -0.413. The van der Waals surface area contributed by atoms with Crippen molar-refractivity contribution in [3.05, 3.63) is 29.8 Å². The van der Waals surface area contributed by atoms with Crippen molar-refractivity contribution in [1.29, 1.82) is 0 Å². The number of rotatable bonds is 7. The second-order valence-electron chi connectivity index (χ2n) is 7.93. The minimum atomic E-state index is -3.65.